The number of benzene rings is 2. The van der Waals surface area contributed by atoms with E-state index in [4.69, 9.17) is 0 Å². The van der Waals surface area contributed by atoms with Crippen LogP contribution in [0.5, 0.6) is 0 Å². The average Bonchev–Trinajstić information content (AvgIpc) is 3.02. The lowest BCUT2D eigenvalue weighted by atomic mass is 10.1. The van der Waals surface area contributed by atoms with Gasteiger partial charge in [-0.15, -0.1) is 0 Å². The minimum Gasteiger partial charge on any atom is -0.358 e. The maximum absolute atomic E-state index is 11.2. The van der Waals surface area contributed by atoms with Gasteiger partial charge in [-0.25, -0.2) is 9.55 Å². The lowest BCUT2D eigenvalue weighted by Crippen LogP contribution is -2.27. The van der Waals surface area contributed by atoms with E-state index >= 15 is 0 Å². The van der Waals surface area contributed by atoms with E-state index in [0.717, 1.165) is 13.1 Å². The normalized spacial score (nSPS) is 11.0. The Morgan fingerprint density at radius 2 is 1.54 bits per heavy atom. The van der Waals surface area contributed by atoms with Gasteiger partial charge >= 0.3 is 5.82 Å². The van der Waals surface area contributed by atoms with Crippen molar-refractivity contribution in [1.29, 1.82) is 0 Å². The summed E-state index contributed by atoms with van der Waals surface area (Å²) in [4.78, 5) is 17.2. The molecule has 1 heterocycles. The van der Waals surface area contributed by atoms with Crippen LogP contribution in [0.2, 0.25) is 0 Å². The first-order chi connectivity index (χ1) is 12.6. The van der Waals surface area contributed by atoms with Gasteiger partial charge in [0.05, 0.1) is 0 Å². The Morgan fingerprint density at radius 1 is 1.00 bits per heavy atom. The zero-order chi connectivity index (χ0) is 18.4. The fourth-order valence-electron chi connectivity index (χ4n) is 3.02. The number of imidazole rings is 1. The Labute approximate surface area is 152 Å². The molecule has 0 bridgehead atoms. The predicted molar refractivity (Wildman–Crippen MR) is 101 cm³/mol. The molecule has 0 radical (unpaired) electrons. The van der Waals surface area contributed by atoms with Gasteiger partial charge in [0, 0.05) is 26.6 Å². The molecule has 0 fully saturated rings. The fourth-order valence-corrected chi connectivity index (χ4v) is 3.02. The largest absolute Gasteiger partial charge is 0.358 e. The summed E-state index contributed by atoms with van der Waals surface area (Å²) in [5.41, 5.74) is 2.44. The van der Waals surface area contributed by atoms with Gasteiger partial charge in [0.2, 0.25) is 0 Å². The molecule has 0 atom stereocenters. The molecule has 26 heavy (non-hydrogen) atoms. The van der Waals surface area contributed by atoms with E-state index in [1.165, 1.54) is 17.3 Å². The lowest BCUT2D eigenvalue weighted by molar-refractivity contribution is -0.392. The van der Waals surface area contributed by atoms with Crippen molar-refractivity contribution in [2.75, 3.05) is 6.54 Å². The average molecular weight is 350 g/mol. The van der Waals surface area contributed by atoms with Crippen LogP contribution in [0.15, 0.2) is 66.9 Å². The van der Waals surface area contributed by atoms with Gasteiger partial charge in [-0.1, -0.05) is 60.7 Å². The van der Waals surface area contributed by atoms with Crippen molar-refractivity contribution in [3.63, 3.8) is 0 Å². The van der Waals surface area contributed by atoms with Crippen LogP contribution in [-0.2, 0) is 19.6 Å². The van der Waals surface area contributed by atoms with Crippen molar-refractivity contribution in [1.82, 2.24) is 14.5 Å². The summed E-state index contributed by atoms with van der Waals surface area (Å²) in [6.45, 7) is 4.60. The highest BCUT2D eigenvalue weighted by Gasteiger charge is 2.18. The number of rotatable bonds is 8. The molecule has 3 rings (SSSR count). The Bertz CT molecular complexity index is 805. The van der Waals surface area contributed by atoms with Crippen molar-refractivity contribution >= 4 is 5.82 Å². The fraction of sp³-hybridized carbons (Fsp3) is 0.250. The maximum atomic E-state index is 11.2. The number of aryl methyl sites for hydroxylation is 1. The van der Waals surface area contributed by atoms with Crippen LogP contribution in [0.4, 0.5) is 5.82 Å². The smallest absolute Gasteiger partial charge is 0.342 e. The van der Waals surface area contributed by atoms with Crippen LogP contribution in [-0.4, -0.2) is 25.9 Å². The maximum Gasteiger partial charge on any atom is 0.342 e. The minimum atomic E-state index is -0.376. The second-order valence-corrected chi connectivity index (χ2v) is 6.25. The molecule has 1 aromatic heterocycles. The summed E-state index contributed by atoms with van der Waals surface area (Å²) in [6.07, 6.45) is 1.33. The molecule has 6 nitrogen and oxygen atoms in total. The molecule has 0 saturated heterocycles. The van der Waals surface area contributed by atoms with Crippen LogP contribution in [0.3, 0.4) is 0 Å². The van der Waals surface area contributed by atoms with Crippen LogP contribution in [0.1, 0.15) is 17.0 Å². The monoisotopic (exact) mass is 350 g/mol. The molecular formula is C20H22N4O2. The van der Waals surface area contributed by atoms with E-state index in [2.05, 4.69) is 34.1 Å². The molecular weight excluding hydrogens is 328 g/mol. The zero-order valence-electron chi connectivity index (χ0n) is 14.8. The van der Waals surface area contributed by atoms with Crippen molar-refractivity contribution in [2.24, 2.45) is 0 Å². The van der Waals surface area contributed by atoms with Gasteiger partial charge in [-0.05, 0) is 16.1 Å². The van der Waals surface area contributed by atoms with Gasteiger partial charge in [0.1, 0.15) is 12.7 Å². The molecule has 0 amide bonds. The summed E-state index contributed by atoms with van der Waals surface area (Å²) in [5, 5.41) is 11.2. The van der Waals surface area contributed by atoms with Crippen molar-refractivity contribution in [2.45, 2.75) is 26.6 Å². The van der Waals surface area contributed by atoms with Crippen LogP contribution < -0.4 is 0 Å². The molecule has 0 unspecified atom stereocenters. The number of hydrogen-bond acceptors (Lipinski definition) is 4. The second-order valence-electron chi connectivity index (χ2n) is 6.25. The molecule has 0 N–H and O–H groups in total. The quantitative estimate of drug-likeness (QED) is 0.458. The van der Waals surface area contributed by atoms with Gasteiger partial charge in [0.15, 0.2) is 5.82 Å². The van der Waals surface area contributed by atoms with E-state index in [1.807, 2.05) is 36.4 Å². The van der Waals surface area contributed by atoms with Gasteiger partial charge in [0.25, 0.3) is 0 Å². The van der Waals surface area contributed by atoms with E-state index in [1.54, 1.807) is 11.5 Å². The van der Waals surface area contributed by atoms with E-state index in [0.29, 0.717) is 18.9 Å². The SMILES string of the molecule is Cc1ncc([N+](=O)[O-])n1CCN(Cc1ccccc1)Cc1ccccc1. The lowest BCUT2D eigenvalue weighted by Gasteiger charge is -2.22. The highest BCUT2D eigenvalue weighted by Crippen LogP contribution is 2.15. The number of nitro groups is 1. The van der Waals surface area contributed by atoms with Crippen molar-refractivity contribution < 1.29 is 4.92 Å². The minimum absolute atomic E-state index is 0.0434. The third-order valence-corrected chi connectivity index (χ3v) is 4.36. The summed E-state index contributed by atoms with van der Waals surface area (Å²) in [6, 6.07) is 20.5. The standard InChI is InChI=1S/C20H22N4O2/c1-17-21-14-20(24(25)26)23(17)13-12-22(15-18-8-4-2-5-9-18)16-19-10-6-3-7-11-19/h2-11,14H,12-13,15-16H2,1H3. The van der Waals surface area contributed by atoms with E-state index in [-0.39, 0.29) is 10.7 Å². The molecule has 0 aliphatic rings. The summed E-state index contributed by atoms with van der Waals surface area (Å²) < 4.78 is 1.67. The Hall–Kier alpha value is -2.99. The number of aromatic nitrogens is 2. The molecule has 0 saturated carbocycles. The van der Waals surface area contributed by atoms with Crippen molar-refractivity contribution in [3.8, 4) is 0 Å². The van der Waals surface area contributed by atoms with Crippen LogP contribution >= 0.6 is 0 Å². The predicted octanol–water partition coefficient (Wildman–Crippen LogP) is 3.80. The summed E-state index contributed by atoms with van der Waals surface area (Å²) in [7, 11) is 0. The first-order valence-electron chi connectivity index (χ1n) is 8.60. The molecule has 0 aliphatic carbocycles. The first kappa shape index (κ1) is 17.8. The molecule has 134 valence electrons. The third-order valence-electron chi connectivity index (χ3n) is 4.36. The molecule has 0 aliphatic heterocycles. The van der Waals surface area contributed by atoms with Crippen LogP contribution in [0.25, 0.3) is 0 Å². The van der Waals surface area contributed by atoms with Gasteiger partial charge in [-0.3, -0.25) is 4.90 Å². The van der Waals surface area contributed by atoms with E-state index < -0.39 is 0 Å². The Balaban J connectivity index is 1.75. The molecule has 0 spiro atoms. The Kier molecular flexibility index (Phi) is 5.76. The van der Waals surface area contributed by atoms with Gasteiger partial charge in [-0.2, -0.15) is 0 Å². The molecule has 2 aromatic carbocycles. The molecule has 6 heteroatoms. The number of nitrogens with zero attached hydrogens (tertiary/aromatic N) is 4. The van der Waals surface area contributed by atoms with E-state index in [9.17, 15) is 10.1 Å². The second kappa shape index (κ2) is 8.40. The highest BCUT2D eigenvalue weighted by molar-refractivity contribution is 5.19. The zero-order valence-corrected chi connectivity index (χ0v) is 14.8. The molecule has 3 aromatic rings. The third kappa shape index (κ3) is 4.55. The van der Waals surface area contributed by atoms with Crippen LogP contribution in [0, 0.1) is 17.0 Å². The Morgan fingerprint density at radius 3 is 2.04 bits per heavy atom. The van der Waals surface area contributed by atoms with Gasteiger partial charge < -0.3 is 10.1 Å². The number of hydrogen-bond donors (Lipinski definition) is 0. The highest BCUT2D eigenvalue weighted by atomic mass is 16.6. The topological polar surface area (TPSA) is 64.2 Å². The first-order valence-corrected chi connectivity index (χ1v) is 8.60. The summed E-state index contributed by atoms with van der Waals surface area (Å²) >= 11 is 0. The summed E-state index contributed by atoms with van der Waals surface area (Å²) in [5.74, 6) is 0.706. The van der Waals surface area contributed by atoms with Crippen molar-refractivity contribution in [3.05, 3.63) is 93.9 Å².